The molecular formula is C30H28N2O14S3. The smallest absolute Gasteiger partial charge is 0.337 e. The molecule has 1 unspecified atom stereocenters. The number of esters is 3. The monoisotopic (exact) mass is 736 g/mol. The van der Waals surface area contributed by atoms with Crippen LogP contribution in [-0.2, 0) is 43.7 Å². The Morgan fingerprint density at radius 1 is 0.673 bits per heavy atom. The number of oxime groups is 1. The molecule has 3 aliphatic rings. The Hall–Kier alpha value is -4.98. The Morgan fingerprint density at radius 2 is 1.10 bits per heavy atom. The minimum absolute atomic E-state index is 0.00630. The average molecular weight is 737 g/mol. The number of carbonyl (C=O) groups excluding carboxylic acids is 4. The predicted molar refractivity (Wildman–Crippen MR) is 169 cm³/mol. The molecule has 6 rings (SSSR count). The summed E-state index contributed by atoms with van der Waals surface area (Å²) in [5.74, 6) is -3.22. The number of methoxy groups -OCH3 is 3. The molecular weight excluding hydrogens is 709 g/mol. The van der Waals surface area contributed by atoms with Gasteiger partial charge in [-0.3, -0.25) is 4.79 Å². The maximum Gasteiger partial charge on any atom is 0.337 e. The fourth-order valence-electron chi connectivity index (χ4n) is 5.03. The fourth-order valence-corrected chi connectivity index (χ4v) is 9.79. The minimum atomic E-state index is -3.58. The van der Waals surface area contributed by atoms with Crippen LogP contribution in [0.2, 0.25) is 0 Å². The Kier molecular flexibility index (Phi) is 10.4. The van der Waals surface area contributed by atoms with Gasteiger partial charge in [0.2, 0.25) is 0 Å². The van der Waals surface area contributed by atoms with Gasteiger partial charge in [-0.2, -0.15) is 0 Å². The van der Waals surface area contributed by atoms with Crippen LogP contribution in [0.3, 0.4) is 0 Å². The first-order chi connectivity index (χ1) is 22.9. The molecule has 3 heterocycles. The molecule has 1 atom stereocenters. The molecule has 0 saturated carbocycles. The Labute approximate surface area is 280 Å². The van der Waals surface area contributed by atoms with E-state index in [4.69, 9.17) is 10.9 Å². The number of hydrogen-bond acceptors (Lipinski definition) is 16. The quantitative estimate of drug-likeness (QED) is 0.165. The highest BCUT2D eigenvalue weighted by Crippen LogP contribution is 2.33. The number of hydrogen-bond donors (Lipinski definition) is 2. The van der Waals surface area contributed by atoms with Gasteiger partial charge in [0.1, 0.15) is 17.2 Å². The Bertz CT molecular complexity index is 2260. The van der Waals surface area contributed by atoms with Crippen LogP contribution in [0.5, 0.6) is 0 Å². The van der Waals surface area contributed by atoms with Crippen molar-refractivity contribution in [2.24, 2.45) is 10.9 Å². The third kappa shape index (κ3) is 7.38. The van der Waals surface area contributed by atoms with E-state index in [0.717, 1.165) is 0 Å². The van der Waals surface area contributed by atoms with Crippen LogP contribution in [0.1, 0.15) is 58.6 Å². The number of Topliss-reactive ketones (excluding diaryl/α,β-unsaturated/α-hetero) is 1. The number of rotatable bonds is 3. The molecule has 49 heavy (non-hydrogen) atoms. The van der Waals surface area contributed by atoms with E-state index in [1.807, 2.05) is 0 Å². The Balaban J connectivity index is 0.000000166. The van der Waals surface area contributed by atoms with Crippen molar-refractivity contribution in [3.05, 3.63) is 88.0 Å². The number of fused-ring (bicyclic) bond motifs is 3. The molecule has 0 amide bonds. The first-order valence-electron chi connectivity index (χ1n) is 13.8. The Morgan fingerprint density at radius 3 is 1.59 bits per heavy atom. The van der Waals surface area contributed by atoms with E-state index in [1.165, 1.54) is 69.9 Å². The van der Waals surface area contributed by atoms with Gasteiger partial charge in [0.05, 0.1) is 58.5 Å². The molecule has 0 aromatic heterocycles. The van der Waals surface area contributed by atoms with Crippen molar-refractivity contribution in [1.82, 2.24) is 0 Å². The molecule has 3 aliphatic heterocycles. The summed E-state index contributed by atoms with van der Waals surface area (Å²) in [5.41, 5.74) is 7.29. The third-order valence-electron chi connectivity index (χ3n) is 7.42. The summed E-state index contributed by atoms with van der Waals surface area (Å²) >= 11 is 0. The normalized spacial score (nSPS) is 19.1. The van der Waals surface area contributed by atoms with Gasteiger partial charge in [0, 0.05) is 17.2 Å². The number of benzene rings is 3. The van der Waals surface area contributed by atoms with Gasteiger partial charge in [-0.05, 0) is 48.0 Å². The lowest BCUT2D eigenvalue weighted by atomic mass is 10.1. The van der Waals surface area contributed by atoms with Crippen molar-refractivity contribution in [3.8, 4) is 0 Å². The topological polar surface area (TPSA) is 257 Å². The highest BCUT2D eigenvalue weighted by molar-refractivity contribution is 7.93. The molecule has 16 nitrogen and oxygen atoms in total. The summed E-state index contributed by atoms with van der Waals surface area (Å²) in [4.78, 5) is 45.1. The molecule has 0 bridgehead atoms. The highest BCUT2D eigenvalue weighted by atomic mass is 32.2. The van der Waals surface area contributed by atoms with E-state index >= 15 is 0 Å². The first-order valence-corrected chi connectivity index (χ1v) is 18.7. The number of nitrogens with two attached hydrogens (primary N) is 1. The zero-order valence-electron chi connectivity index (χ0n) is 25.9. The van der Waals surface area contributed by atoms with Gasteiger partial charge in [0.15, 0.2) is 35.3 Å². The molecule has 3 N–H and O–H groups in total. The third-order valence-corrected chi connectivity index (χ3v) is 12.6. The van der Waals surface area contributed by atoms with Gasteiger partial charge in [0.25, 0.3) is 0 Å². The zero-order valence-corrected chi connectivity index (χ0v) is 28.3. The van der Waals surface area contributed by atoms with Crippen LogP contribution in [0.15, 0.2) is 74.4 Å². The van der Waals surface area contributed by atoms with Crippen molar-refractivity contribution in [2.45, 2.75) is 20.7 Å². The molecule has 0 fully saturated rings. The lowest BCUT2D eigenvalue weighted by Gasteiger charge is -2.04. The molecule has 3 aromatic rings. The van der Waals surface area contributed by atoms with Crippen LogP contribution >= 0.6 is 0 Å². The van der Waals surface area contributed by atoms with Gasteiger partial charge in [-0.1, -0.05) is 17.3 Å². The van der Waals surface area contributed by atoms with E-state index in [2.05, 4.69) is 19.4 Å². The van der Waals surface area contributed by atoms with Crippen molar-refractivity contribution < 1.29 is 63.8 Å². The predicted octanol–water partition coefficient (Wildman–Crippen LogP) is 1.14. The second-order valence-electron chi connectivity index (χ2n) is 10.5. The lowest BCUT2D eigenvalue weighted by Crippen LogP contribution is -2.11. The summed E-state index contributed by atoms with van der Waals surface area (Å²) < 4.78 is 83.5. The SMILES string of the molecule is COC(=O)c1ccc2c(c1)S(=O)(=O)C/C2=N/O.COC(=O)c1ccc2c(c1)S(=O)(=O)CC2=O.COC(=O)c1ccc2c(c1)S(=O)(=O)CC2N. The lowest BCUT2D eigenvalue weighted by molar-refractivity contribution is 0.0591. The van der Waals surface area contributed by atoms with Crippen LogP contribution in [-0.4, -0.2) is 98.5 Å². The van der Waals surface area contributed by atoms with Gasteiger partial charge in [-0.25, -0.2) is 39.6 Å². The van der Waals surface area contributed by atoms with E-state index in [-0.39, 0.29) is 54.2 Å². The van der Waals surface area contributed by atoms with Gasteiger partial charge < -0.3 is 25.2 Å². The van der Waals surface area contributed by atoms with Gasteiger partial charge >= 0.3 is 17.9 Å². The number of ether oxygens (including phenoxy) is 3. The van der Waals surface area contributed by atoms with Crippen molar-refractivity contribution in [3.63, 3.8) is 0 Å². The van der Waals surface area contributed by atoms with Gasteiger partial charge in [-0.15, -0.1) is 0 Å². The largest absolute Gasteiger partial charge is 0.465 e. The second kappa shape index (κ2) is 13.9. The number of ketones is 1. The van der Waals surface area contributed by atoms with Crippen molar-refractivity contribution in [1.29, 1.82) is 0 Å². The summed E-state index contributed by atoms with van der Waals surface area (Å²) in [6.45, 7) is 0. The fraction of sp³-hybridized carbons (Fsp3) is 0.233. The molecule has 0 radical (unpaired) electrons. The molecule has 19 heteroatoms. The van der Waals surface area contributed by atoms with Crippen LogP contribution in [0, 0.1) is 0 Å². The number of nitrogens with zero attached hydrogens (tertiary/aromatic N) is 1. The number of carbonyl (C=O) groups is 4. The molecule has 0 saturated heterocycles. The van der Waals surface area contributed by atoms with E-state index in [0.29, 0.717) is 11.1 Å². The first kappa shape index (κ1) is 36.8. The summed E-state index contributed by atoms with van der Waals surface area (Å²) in [5, 5.41) is 11.6. The number of sulfone groups is 3. The molecule has 0 spiro atoms. The molecule has 0 aliphatic carbocycles. The average Bonchev–Trinajstić information content (AvgIpc) is 3.59. The van der Waals surface area contributed by atoms with Crippen LogP contribution in [0.4, 0.5) is 0 Å². The standard InChI is InChI=1S/C10H9NO5S.C10H11NO4S.C10H8O5S/c1-16-10(12)6-2-3-7-8(11-13)5-17(14,15)9(7)4-6;2*1-15-10(12)6-2-3-7-8(11)5-16(13,14)9(7)4-6/h2-4,13H,5H2,1H3;2-4,8H,5,11H2,1H3;2-4H,5H2,1H3/b11-8-;;. The van der Waals surface area contributed by atoms with Crippen molar-refractivity contribution >= 4 is 58.9 Å². The van der Waals surface area contributed by atoms with Crippen LogP contribution < -0.4 is 5.73 Å². The molecule has 260 valence electrons. The van der Waals surface area contributed by atoms with Crippen LogP contribution in [0.25, 0.3) is 0 Å². The summed E-state index contributed by atoms with van der Waals surface area (Å²) in [6, 6.07) is 11.9. The maximum absolute atomic E-state index is 11.7. The maximum atomic E-state index is 11.7. The summed E-state index contributed by atoms with van der Waals surface area (Å²) in [6.07, 6.45) is 0. The van der Waals surface area contributed by atoms with E-state index in [1.54, 1.807) is 6.07 Å². The van der Waals surface area contributed by atoms with E-state index in [9.17, 15) is 44.4 Å². The summed E-state index contributed by atoms with van der Waals surface area (Å²) in [7, 11) is -6.80. The second-order valence-corrected chi connectivity index (χ2v) is 16.4. The zero-order chi connectivity index (χ0) is 36.5. The van der Waals surface area contributed by atoms with Crippen molar-refractivity contribution in [2.75, 3.05) is 38.6 Å². The van der Waals surface area contributed by atoms with E-state index < -0.39 is 65.0 Å². The highest BCUT2D eigenvalue weighted by Gasteiger charge is 2.35. The minimum Gasteiger partial charge on any atom is -0.465 e. The molecule has 3 aromatic carbocycles.